The molecule has 3 atom stereocenters. The maximum Gasteiger partial charge on any atom is 0.223 e. The molecule has 23 heavy (non-hydrogen) atoms. The molecule has 1 aromatic rings. The Balaban J connectivity index is 0.00000242. The first-order valence-corrected chi connectivity index (χ1v) is 7.80. The zero-order chi connectivity index (χ0) is 15.2. The molecule has 0 aromatic heterocycles. The van der Waals surface area contributed by atoms with Gasteiger partial charge >= 0.3 is 0 Å². The van der Waals surface area contributed by atoms with Crippen LogP contribution in [0.2, 0.25) is 0 Å². The Kier molecular flexibility index (Phi) is 10.5. The van der Waals surface area contributed by atoms with Crippen molar-refractivity contribution in [1.29, 1.82) is 0 Å². The van der Waals surface area contributed by atoms with E-state index in [4.69, 9.17) is 0 Å². The smallest absolute Gasteiger partial charge is 0.223 e. The standard InChI is InChI=1S/C17H27N3O.2ClH/c1-13-11-15(9-10-18-13)17(21)19-12-16(20(2)3)14-7-5-4-6-8-14;;/h4-8,13,15-16,18H,9-12H2,1-3H3,(H,19,21);2*1H/t13-,15-,16?;;/m0../s1. The maximum absolute atomic E-state index is 12.3. The number of nitrogens with one attached hydrogen (secondary N) is 2. The average molecular weight is 362 g/mol. The summed E-state index contributed by atoms with van der Waals surface area (Å²) in [5.41, 5.74) is 1.24. The van der Waals surface area contributed by atoms with E-state index >= 15 is 0 Å². The van der Waals surface area contributed by atoms with Crippen LogP contribution in [0.25, 0.3) is 0 Å². The first-order valence-electron chi connectivity index (χ1n) is 7.80. The van der Waals surface area contributed by atoms with Crippen molar-refractivity contribution in [3.05, 3.63) is 35.9 Å². The largest absolute Gasteiger partial charge is 0.354 e. The minimum absolute atomic E-state index is 0. The molecule has 2 rings (SSSR count). The number of hydrogen-bond acceptors (Lipinski definition) is 3. The zero-order valence-corrected chi connectivity index (χ0v) is 15.8. The Morgan fingerprint density at radius 2 is 1.96 bits per heavy atom. The fraction of sp³-hybridized carbons (Fsp3) is 0.588. The molecule has 132 valence electrons. The van der Waals surface area contributed by atoms with E-state index < -0.39 is 0 Å². The zero-order valence-electron chi connectivity index (χ0n) is 14.1. The highest BCUT2D eigenvalue weighted by molar-refractivity contribution is 5.85. The van der Waals surface area contributed by atoms with Gasteiger partial charge in [-0.3, -0.25) is 4.79 Å². The van der Waals surface area contributed by atoms with Crippen LogP contribution in [0.15, 0.2) is 30.3 Å². The Labute approximate surface area is 152 Å². The number of rotatable bonds is 5. The fourth-order valence-corrected chi connectivity index (χ4v) is 2.99. The molecule has 1 aliphatic heterocycles. The first kappa shape index (κ1) is 22.2. The van der Waals surface area contributed by atoms with Crippen molar-refractivity contribution in [3.63, 3.8) is 0 Å². The van der Waals surface area contributed by atoms with Gasteiger partial charge in [-0.2, -0.15) is 0 Å². The summed E-state index contributed by atoms with van der Waals surface area (Å²) in [6, 6.07) is 11.0. The van der Waals surface area contributed by atoms with Gasteiger partial charge in [0, 0.05) is 18.5 Å². The van der Waals surface area contributed by atoms with E-state index in [0.29, 0.717) is 12.6 Å². The van der Waals surface area contributed by atoms with Crippen molar-refractivity contribution < 1.29 is 4.79 Å². The molecule has 1 heterocycles. The van der Waals surface area contributed by atoms with E-state index in [9.17, 15) is 4.79 Å². The number of halogens is 2. The van der Waals surface area contributed by atoms with Gasteiger partial charge in [0.15, 0.2) is 0 Å². The van der Waals surface area contributed by atoms with Crippen molar-refractivity contribution >= 4 is 30.7 Å². The SMILES string of the molecule is C[C@H]1C[C@@H](C(=O)NCC(c2ccccc2)N(C)C)CCN1.Cl.Cl. The second kappa shape index (κ2) is 10.9. The number of nitrogens with zero attached hydrogens (tertiary/aromatic N) is 1. The van der Waals surface area contributed by atoms with Crippen LogP contribution in [-0.4, -0.2) is 44.0 Å². The lowest BCUT2D eigenvalue weighted by molar-refractivity contribution is -0.126. The van der Waals surface area contributed by atoms with Gasteiger partial charge in [-0.25, -0.2) is 0 Å². The molecule has 0 radical (unpaired) electrons. The maximum atomic E-state index is 12.3. The summed E-state index contributed by atoms with van der Waals surface area (Å²) in [5.74, 6) is 0.353. The van der Waals surface area contributed by atoms with Gasteiger partial charge < -0.3 is 15.5 Å². The summed E-state index contributed by atoms with van der Waals surface area (Å²) < 4.78 is 0. The molecule has 0 saturated carbocycles. The predicted molar refractivity (Wildman–Crippen MR) is 101 cm³/mol. The van der Waals surface area contributed by atoms with Crippen LogP contribution >= 0.6 is 24.8 Å². The van der Waals surface area contributed by atoms with Crippen molar-refractivity contribution in [2.45, 2.75) is 31.8 Å². The molecule has 1 unspecified atom stereocenters. The number of hydrogen-bond donors (Lipinski definition) is 2. The van der Waals surface area contributed by atoms with Crippen LogP contribution in [0.1, 0.15) is 31.4 Å². The monoisotopic (exact) mass is 361 g/mol. The molecule has 1 fully saturated rings. The summed E-state index contributed by atoms with van der Waals surface area (Å²) in [4.78, 5) is 14.5. The molecule has 2 N–H and O–H groups in total. The molecule has 1 aliphatic rings. The highest BCUT2D eigenvalue weighted by Gasteiger charge is 2.25. The predicted octanol–water partition coefficient (Wildman–Crippen LogP) is 2.64. The van der Waals surface area contributed by atoms with Crippen molar-refractivity contribution in [2.24, 2.45) is 5.92 Å². The van der Waals surface area contributed by atoms with Crippen molar-refractivity contribution in [2.75, 3.05) is 27.2 Å². The third-order valence-corrected chi connectivity index (χ3v) is 4.27. The second-order valence-corrected chi connectivity index (χ2v) is 6.21. The van der Waals surface area contributed by atoms with E-state index in [1.54, 1.807) is 0 Å². The highest BCUT2D eigenvalue weighted by atomic mass is 35.5. The number of carbonyl (C=O) groups excluding carboxylic acids is 1. The normalized spacial score (nSPS) is 21.7. The van der Waals surface area contributed by atoms with Crippen LogP contribution < -0.4 is 10.6 Å². The van der Waals surface area contributed by atoms with E-state index in [-0.39, 0.29) is 42.7 Å². The fourth-order valence-electron chi connectivity index (χ4n) is 2.99. The van der Waals surface area contributed by atoms with Crippen molar-refractivity contribution in [3.8, 4) is 0 Å². The molecule has 1 saturated heterocycles. The van der Waals surface area contributed by atoms with Gasteiger partial charge in [-0.05, 0) is 46.0 Å². The summed E-state index contributed by atoms with van der Waals surface area (Å²) in [7, 11) is 4.10. The third-order valence-electron chi connectivity index (χ3n) is 4.27. The number of piperidine rings is 1. The Hall–Kier alpha value is -0.810. The topological polar surface area (TPSA) is 44.4 Å². The molecule has 1 aromatic carbocycles. The van der Waals surface area contributed by atoms with Gasteiger partial charge in [-0.15, -0.1) is 24.8 Å². The number of carbonyl (C=O) groups is 1. The van der Waals surface area contributed by atoms with Crippen LogP contribution in [0.4, 0.5) is 0 Å². The molecular weight excluding hydrogens is 333 g/mol. The quantitative estimate of drug-likeness (QED) is 0.847. The molecule has 0 spiro atoms. The molecule has 6 heteroatoms. The van der Waals surface area contributed by atoms with Gasteiger partial charge in [0.05, 0.1) is 6.04 Å². The van der Waals surface area contributed by atoms with Crippen LogP contribution in [0.3, 0.4) is 0 Å². The van der Waals surface area contributed by atoms with Gasteiger partial charge in [0.2, 0.25) is 5.91 Å². The average Bonchev–Trinajstić information content (AvgIpc) is 2.48. The molecule has 0 bridgehead atoms. The molecule has 0 aliphatic carbocycles. The van der Waals surface area contributed by atoms with E-state index in [1.807, 2.05) is 18.2 Å². The third kappa shape index (κ3) is 6.68. The van der Waals surface area contributed by atoms with Gasteiger partial charge in [0.25, 0.3) is 0 Å². The van der Waals surface area contributed by atoms with Gasteiger partial charge in [-0.1, -0.05) is 30.3 Å². The summed E-state index contributed by atoms with van der Waals surface area (Å²) >= 11 is 0. The number of benzene rings is 1. The van der Waals surface area contributed by atoms with Crippen LogP contribution in [0.5, 0.6) is 0 Å². The Bertz CT molecular complexity index is 456. The van der Waals surface area contributed by atoms with Gasteiger partial charge in [0.1, 0.15) is 0 Å². The van der Waals surface area contributed by atoms with Crippen LogP contribution in [0, 0.1) is 5.92 Å². The summed E-state index contributed by atoms with van der Waals surface area (Å²) in [6.45, 7) is 3.75. The lowest BCUT2D eigenvalue weighted by Gasteiger charge is -2.29. The number of amides is 1. The van der Waals surface area contributed by atoms with Crippen molar-refractivity contribution in [1.82, 2.24) is 15.5 Å². The molecular formula is C17H29Cl2N3O. The minimum Gasteiger partial charge on any atom is -0.354 e. The first-order chi connectivity index (χ1) is 10.1. The number of likely N-dealkylation sites (N-methyl/N-ethyl adjacent to an activating group) is 1. The molecule has 4 nitrogen and oxygen atoms in total. The van der Waals surface area contributed by atoms with Crippen LogP contribution in [-0.2, 0) is 4.79 Å². The molecule has 1 amide bonds. The summed E-state index contributed by atoms with van der Waals surface area (Å²) in [6.07, 6.45) is 1.87. The Morgan fingerprint density at radius 3 is 2.52 bits per heavy atom. The Morgan fingerprint density at radius 1 is 1.30 bits per heavy atom. The minimum atomic E-state index is 0. The summed E-state index contributed by atoms with van der Waals surface area (Å²) in [5, 5.41) is 6.53. The van der Waals surface area contributed by atoms with E-state index in [1.165, 1.54) is 5.56 Å². The van der Waals surface area contributed by atoms with E-state index in [2.05, 4.69) is 48.7 Å². The second-order valence-electron chi connectivity index (χ2n) is 6.21. The lowest BCUT2D eigenvalue weighted by Crippen LogP contribution is -2.44. The highest BCUT2D eigenvalue weighted by Crippen LogP contribution is 2.19. The lowest BCUT2D eigenvalue weighted by atomic mass is 9.92. The van der Waals surface area contributed by atoms with E-state index in [0.717, 1.165) is 19.4 Å².